The number of para-hydroxylation sites is 2. The van der Waals surface area contributed by atoms with Crippen molar-refractivity contribution >= 4 is 16.9 Å². The van der Waals surface area contributed by atoms with Gasteiger partial charge in [-0.25, -0.2) is 9.37 Å². The van der Waals surface area contributed by atoms with Crippen LogP contribution in [0.3, 0.4) is 0 Å². The van der Waals surface area contributed by atoms with Gasteiger partial charge in [-0.05, 0) is 69.6 Å². The van der Waals surface area contributed by atoms with Crippen LogP contribution in [0.2, 0.25) is 0 Å². The fraction of sp³-hybridized carbons (Fsp3) is 0.417. The number of carbonyl (C=O) groups is 1. The maximum atomic E-state index is 13.5. The predicted molar refractivity (Wildman–Crippen MR) is 117 cm³/mol. The van der Waals surface area contributed by atoms with Crippen LogP contribution in [0.15, 0.2) is 48.5 Å². The molecule has 3 aromatic rings. The molecule has 2 heterocycles. The molecule has 0 N–H and O–H groups in total. The topological polar surface area (TPSA) is 41.4 Å². The Kier molecular flexibility index (Phi) is 5.86. The summed E-state index contributed by atoms with van der Waals surface area (Å²) >= 11 is 0. The van der Waals surface area contributed by atoms with Crippen LogP contribution in [0, 0.1) is 11.7 Å². The van der Waals surface area contributed by atoms with Crippen molar-refractivity contribution in [2.45, 2.75) is 39.3 Å². The summed E-state index contributed by atoms with van der Waals surface area (Å²) in [5.74, 6) is 0.904. The van der Waals surface area contributed by atoms with E-state index < -0.39 is 0 Å². The molecule has 2 aromatic carbocycles. The van der Waals surface area contributed by atoms with Gasteiger partial charge in [-0.2, -0.15) is 0 Å². The number of benzene rings is 2. The third kappa shape index (κ3) is 4.10. The molecule has 1 atom stereocenters. The highest BCUT2D eigenvalue weighted by molar-refractivity contribution is 5.79. The van der Waals surface area contributed by atoms with E-state index in [0.29, 0.717) is 6.54 Å². The minimum absolute atomic E-state index is 0.0230. The normalized spacial score (nSPS) is 17.6. The molecule has 0 spiro atoms. The van der Waals surface area contributed by atoms with Gasteiger partial charge < -0.3 is 4.90 Å². The van der Waals surface area contributed by atoms with Gasteiger partial charge in [-0.1, -0.05) is 12.1 Å². The molecular weight excluding hydrogens is 379 g/mol. The monoisotopic (exact) mass is 408 g/mol. The van der Waals surface area contributed by atoms with Gasteiger partial charge in [0.05, 0.1) is 23.5 Å². The molecule has 0 saturated carbocycles. The van der Waals surface area contributed by atoms with E-state index in [1.165, 1.54) is 12.1 Å². The quantitative estimate of drug-likeness (QED) is 0.634. The van der Waals surface area contributed by atoms with Gasteiger partial charge in [0, 0.05) is 25.3 Å². The summed E-state index contributed by atoms with van der Waals surface area (Å²) in [4.78, 5) is 21.9. The molecule has 0 aliphatic carbocycles. The van der Waals surface area contributed by atoms with Crippen molar-refractivity contribution in [2.24, 2.45) is 5.92 Å². The lowest BCUT2D eigenvalue weighted by atomic mass is 9.96. The van der Waals surface area contributed by atoms with E-state index in [1.807, 2.05) is 50.1 Å². The van der Waals surface area contributed by atoms with Crippen LogP contribution in [0.1, 0.15) is 32.5 Å². The molecule has 1 fully saturated rings. The van der Waals surface area contributed by atoms with Crippen molar-refractivity contribution in [3.05, 3.63) is 60.2 Å². The molecule has 30 heavy (non-hydrogen) atoms. The van der Waals surface area contributed by atoms with E-state index in [9.17, 15) is 9.18 Å². The Morgan fingerprint density at radius 1 is 1.20 bits per heavy atom. The lowest BCUT2D eigenvalue weighted by Gasteiger charge is -2.34. The molecule has 0 bridgehead atoms. The van der Waals surface area contributed by atoms with Crippen molar-refractivity contribution in [3.63, 3.8) is 0 Å². The molecule has 1 amide bonds. The summed E-state index contributed by atoms with van der Waals surface area (Å²) in [6.45, 7) is 6.43. The summed E-state index contributed by atoms with van der Waals surface area (Å²) < 4.78 is 15.6. The lowest BCUT2D eigenvalue weighted by molar-refractivity contribution is -0.137. The molecule has 4 rings (SSSR count). The third-order valence-electron chi connectivity index (χ3n) is 6.06. The standard InChI is InChI=1S/C24H29FN4O/c1-17(2)27(3)24(30)18-7-6-14-28(15-18)16-23-26-21-8-4-5-9-22(21)29(23)20-12-10-19(25)11-13-20/h4-5,8-13,17-18H,6-7,14-16H2,1-3H3/t18-/m1/s1. The van der Waals surface area contributed by atoms with E-state index in [4.69, 9.17) is 4.98 Å². The highest BCUT2D eigenvalue weighted by Gasteiger charge is 2.29. The van der Waals surface area contributed by atoms with E-state index in [1.54, 1.807) is 12.1 Å². The first kappa shape index (κ1) is 20.5. The average molecular weight is 409 g/mol. The number of imidazole rings is 1. The number of fused-ring (bicyclic) bond motifs is 1. The minimum atomic E-state index is -0.253. The maximum Gasteiger partial charge on any atom is 0.226 e. The Hall–Kier alpha value is -2.73. The second-order valence-electron chi connectivity index (χ2n) is 8.45. The molecule has 5 nitrogen and oxygen atoms in total. The van der Waals surface area contributed by atoms with Crippen molar-refractivity contribution in [1.82, 2.24) is 19.4 Å². The van der Waals surface area contributed by atoms with Crippen LogP contribution in [0.25, 0.3) is 16.7 Å². The zero-order valence-electron chi connectivity index (χ0n) is 17.9. The molecule has 0 radical (unpaired) electrons. The Bertz CT molecular complexity index is 1030. The molecule has 1 aliphatic heterocycles. The lowest BCUT2D eigenvalue weighted by Crippen LogP contribution is -2.45. The number of hydrogen-bond donors (Lipinski definition) is 0. The van der Waals surface area contributed by atoms with Gasteiger partial charge in [-0.15, -0.1) is 0 Å². The van der Waals surface area contributed by atoms with Crippen molar-refractivity contribution in [3.8, 4) is 5.69 Å². The van der Waals surface area contributed by atoms with E-state index >= 15 is 0 Å². The van der Waals surface area contributed by atoms with Crippen LogP contribution in [0.4, 0.5) is 4.39 Å². The smallest absolute Gasteiger partial charge is 0.226 e. The van der Waals surface area contributed by atoms with Gasteiger partial charge >= 0.3 is 0 Å². The minimum Gasteiger partial charge on any atom is -0.343 e. The first-order valence-electron chi connectivity index (χ1n) is 10.7. The molecule has 1 saturated heterocycles. The highest BCUT2D eigenvalue weighted by Crippen LogP contribution is 2.25. The summed E-state index contributed by atoms with van der Waals surface area (Å²) in [6.07, 6.45) is 1.93. The van der Waals surface area contributed by atoms with Gasteiger partial charge in [0.1, 0.15) is 11.6 Å². The third-order valence-corrected chi connectivity index (χ3v) is 6.06. The van der Waals surface area contributed by atoms with E-state index in [-0.39, 0.29) is 23.7 Å². The SMILES string of the molecule is CC(C)N(C)C(=O)[C@@H]1CCCN(Cc2nc3ccccc3n2-c2ccc(F)cc2)C1. The van der Waals surface area contributed by atoms with Gasteiger partial charge in [-0.3, -0.25) is 14.3 Å². The Labute approximate surface area is 177 Å². The number of likely N-dealkylation sites (tertiary alicyclic amines) is 1. The molecule has 6 heteroatoms. The average Bonchev–Trinajstić information content (AvgIpc) is 3.11. The number of hydrogen-bond acceptors (Lipinski definition) is 3. The largest absolute Gasteiger partial charge is 0.343 e. The zero-order chi connectivity index (χ0) is 21.3. The number of carbonyl (C=O) groups excluding carboxylic acids is 1. The molecular formula is C24H29FN4O. The first-order valence-corrected chi connectivity index (χ1v) is 10.7. The fourth-order valence-electron chi connectivity index (χ4n) is 4.20. The van der Waals surface area contributed by atoms with Gasteiger partial charge in [0.2, 0.25) is 5.91 Å². The van der Waals surface area contributed by atoms with Crippen molar-refractivity contribution < 1.29 is 9.18 Å². The van der Waals surface area contributed by atoms with Crippen molar-refractivity contribution in [2.75, 3.05) is 20.1 Å². The van der Waals surface area contributed by atoms with Gasteiger partial charge in [0.15, 0.2) is 0 Å². The number of nitrogens with zero attached hydrogens (tertiary/aromatic N) is 4. The predicted octanol–water partition coefficient (Wildman–Crippen LogP) is 4.24. The number of amides is 1. The first-order chi connectivity index (χ1) is 14.4. The molecule has 0 unspecified atom stereocenters. The number of halogens is 1. The van der Waals surface area contributed by atoms with Gasteiger partial charge in [0.25, 0.3) is 0 Å². The van der Waals surface area contributed by atoms with E-state index in [0.717, 1.165) is 48.5 Å². The molecule has 158 valence electrons. The highest BCUT2D eigenvalue weighted by atomic mass is 19.1. The van der Waals surface area contributed by atoms with Crippen LogP contribution < -0.4 is 0 Å². The van der Waals surface area contributed by atoms with Crippen LogP contribution >= 0.6 is 0 Å². The Balaban J connectivity index is 1.61. The number of piperidine rings is 1. The number of rotatable bonds is 5. The summed E-state index contributed by atoms with van der Waals surface area (Å²) in [5, 5.41) is 0. The zero-order valence-corrected chi connectivity index (χ0v) is 17.9. The molecule has 1 aliphatic rings. The summed E-state index contributed by atoms with van der Waals surface area (Å²) in [7, 11) is 1.89. The summed E-state index contributed by atoms with van der Waals surface area (Å²) in [5.41, 5.74) is 2.81. The van der Waals surface area contributed by atoms with Crippen LogP contribution in [0.5, 0.6) is 0 Å². The second kappa shape index (κ2) is 8.56. The fourth-order valence-corrected chi connectivity index (χ4v) is 4.20. The second-order valence-corrected chi connectivity index (χ2v) is 8.45. The van der Waals surface area contributed by atoms with Crippen LogP contribution in [-0.4, -0.2) is 51.4 Å². The van der Waals surface area contributed by atoms with Crippen LogP contribution in [-0.2, 0) is 11.3 Å². The number of aromatic nitrogens is 2. The van der Waals surface area contributed by atoms with Crippen molar-refractivity contribution in [1.29, 1.82) is 0 Å². The summed E-state index contributed by atoms with van der Waals surface area (Å²) in [6, 6.07) is 14.7. The Morgan fingerprint density at radius 2 is 1.93 bits per heavy atom. The van der Waals surface area contributed by atoms with E-state index in [2.05, 4.69) is 9.47 Å². The maximum absolute atomic E-state index is 13.5. The molecule has 1 aromatic heterocycles. The Morgan fingerprint density at radius 3 is 2.67 bits per heavy atom.